The number of aromatic amines is 1. The Kier molecular flexibility index (Phi) is 5.75. The lowest BCUT2D eigenvalue weighted by Crippen LogP contribution is -2.44. The first-order valence-corrected chi connectivity index (χ1v) is 7.89. The summed E-state index contributed by atoms with van der Waals surface area (Å²) in [5, 5.41) is 13.3. The third kappa shape index (κ3) is 4.79. The zero-order valence-electron chi connectivity index (χ0n) is 14.2. The molecule has 1 aromatic rings. The number of methoxy groups -OCH3 is 1. The number of hydrogen-bond donors (Lipinski definition) is 2. The molecule has 134 valence electrons. The number of amides is 1. The van der Waals surface area contributed by atoms with Gasteiger partial charge in [-0.1, -0.05) is 0 Å². The normalized spacial score (nSPS) is 15.2. The summed E-state index contributed by atoms with van der Waals surface area (Å²) in [7, 11) is 2.79. The Morgan fingerprint density at radius 2 is 2.20 bits per heavy atom. The van der Waals surface area contributed by atoms with Crippen molar-refractivity contribution in [1.29, 1.82) is 0 Å². The number of nitrogens with one attached hydrogen (secondary N) is 2. The number of hydrogen-bond acceptors (Lipinski definition) is 6. The van der Waals surface area contributed by atoms with Crippen molar-refractivity contribution < 1.29 is 14.3 Å². The Hall–Kier alpha value is -2.89. The lowest BCUT2D eigenvalue weighted by molar-refractivity contribution is -0.145. The Morgan fingerprint density at radius 1 is 1.48 bits per heavy atom. The van der Waals surface area contributed by atoms with Crippen molar-refractivity contribution in [3.05, 3.63) is 22.1 Å². The summed E-state index contributed by atoms with van der Waals surface area (Å²) in [6.45, 7) is 0. The standard InChI is InChI=1S/C16H21N5O4/c1-4-5-7-16(19-20-16)8-6-13(22)18-12(15(24)25-3)9-11-10-17-21(2)14(11)23/h1,10,12,17H,5-9H2,2-3H3,(H,18,22)/t12-/m0/s1. The van der Waals surface area contributed by atoms with Crippen LogP contribution < -0.4 is 10.9 Å². The summed E-state index contributed by atoms with van der Waals surface area (Å²) < 4.78 is 6.00. The lowest BCUT2D eigenvalue weighted by atomic mass is 10.0. The van der Waals surface area contributed by atoms with Gasteiger partial charge in [0.2, 0.25) is 5.91 Å². The summed E-state index contributed by atoms with van der Waals surface area (Å²) in [5.41, 5.74) is -0.427. The van der Waals surface area contributed by atoms with Crippen molar-refractivity contribution in [3.8, 4) is 12.3 Å². The molecule has 0 saturated carbocycles. The number of carbonyl (C=O) groups excluding carboxylic acids is 2. The molecule has 1 aliphatic rings. The summed E-state index contributed by atoms with van der Waals surface area (Å²) in [6, 6.07) is -0.935. The third-order valence-corrected chi connectivity index (χ3v) is 4.06. The van der Waals surface area contributed by atoms with Crippen molar-refractivity contribution >= 4 is 11.9 Å². The fourth-order valence-corrected chi connectivity index (χ4v) is 2.46. The van der Waals surface area contributed by atoms with Crippen LogP contribution in [0.2, 0.25) is 0 Å². The topological polar surface area (TPSA) is 118 Å². The molecule has 0 radical (unpaired) electrons. The van der Waals surface area contributed by atoms with Crippen LogP contribution in [0.25, 0.3) is 0 Å². The molecular weight excluding hydrogens is 326 g/mol. The molecule has 9 heteroatoms. The Morgan fingerprint density at radius 3 is 2.72 bits per heavy atom. The second-order valence-electron chi connectivity index (χ2n) is 5.90. The molecule has 0 fully saturated rings. The van der Waals surface area contributed by atoms with E-state index in [1.165, 1.54) is 18.0 Å². The van der Waals surface area contributed by atoms with Crippen molar-refractivity contribution in [1.82, 2.24) is 15.1 Å². The second kappa shape index (κ2) is 7.79. The molecule has 1 amide bonds. The highest BCUT2D eigenvalue weighted by molar-refractivity contribution is 5.84. The number of rotatable bonds is 9. The van der Waals surface area contributed by atoms with E-state index in [0.29, 0.717) is 24.8 Å². The van der Waals surface area contributed by atoms with Crippen LogP contribution >= 0.6 is 0 Å². The Balaban J connectivity index is 1.92. The molecule has 0 aliphatic carbocycles. The van der Waals surface area contributed by atoms with Gasteiger partial charge in [-0.15, -0.1) is 12.3 Å². The van der Waals surface area contributed by atoms with Crippen LogP contribution in [-0.2, 0) is 27.8 Å². The van der Waals surface area contributed by atoms with Crippen LogP contribution in [0.1, 0.15) is 31.2 Å². The van der Waals surface area contributed by atoms with E-state index < -0.39 is 17.7 Å². The minimum Gasteiger partial charge on any atom is -0.467 e. The number of aromatic nitrogens is 2. The van der Waals surface area contributed by atoms with E-state index in [4.69, 9.17) is 11.2 Å². The molecular formula is C16H21N5O4. The van der Waals surface area contributed by atoms with Crippen LogP contribution in [0.3, 0.4) is 0 Å². The molecule has 0 spiro atoms. The summed E-state index contributed by atoms with van der Waals surface area (Å²) in [4.78, 5) is 36.0. The maximum Gasteiger partial charge on any atom is 0.328 e. The van der Waals surface area contributed by atoms with Gasteiger partial charge in [0.25, 0.3) is 5.56 Å². The SMILES string of the molecule is C#CCCC1(CCC(=O)N[C@@H](Cc2c[nH]n(C)c2=O)C(=O)OC)N=N1. The van der Waals surface area contributed by atoms with Gasteiger partial charge in [-0.2, -0.15) is 10.2 Å². The minimum atomic E-state index is -0.935. The van der Waals surface area contributed by atoms with Gasteiger partial charge in [0.15, 0.2) is 5.66 Å². The van der Waals surface area contributed by atoms with Gasteiger partial charge in [0.05, 0.1) is 7.11 Å². The molecule has 0 aromatic carbocycles. The molecule has 0 bridgehead atoms. The molecule has 1 aliphatic heterocycles. The van der Waals surface area contributed by atoms with Gasteiger partial charge in [-0.3, -0.25) is 14.3 Å². The quantitative estimate of drug-likeness (QED) is 0.492. The van der Waals surface area contributed by atoms with Gasteiger partial charge < -0.3 is 15.2 Å². The first-order chi connectivity index (χ1) is 11.9. The number of nitrogens with zero attached hydrogens (tertiary/aromatic N) is 3. The molecule has 2 heterocycles. The van der Waals surface area contributed by atoms with Gasteiger partial charge in [-0.05, 0) is 0 Å². The van der Waals surface area contributed by atoms with E-state index in [9.17, 15) is 14.4 Å². The molecule has 9 nitrogen and oxygen atoms in total. The van der Waals surface area contributed by atoms with E-state index in [1.54, 1.807) is 7.05 Å². The zero-order valence-corrected chi connectivity index (χ0v) is 14.2. The smallest absolute Gasteiger partial charge is 0.328 e. The monoisotopic (exact) mass is 347 g/mol. The summed E-state index contributed by atoms with van der Waals surface area (Å²) >= 11 is 0. The lowest BCUT2D eigenvalue weighted by Gasteiger charge is -2.16. The first kappa shape index (κ1) is 18.4. The molecule has 25 heavy (non-hydrogen) atoms. The molecule has 2 N–H and O–H groups in total. The van der Waals surface area contributed by atoms with E-state index in [1.807, 2.05) is 0 Å². The predicted octanol–water partition coefficient (Wildman–Crippen LogP) is 0.269. The van der Waals surface area contributed by atoms with Gasteiger partial charge in [-0.25, -0.2) is 4.79 Å². The number of aryl methyl sites for hydroxylation is 1. The van der Waals surface area contributed by atoms with Crippen molar-refractivity contribution in [2.45, 2.75) is 43.8 Å². The van der Waals surface area contributed by atoms with Crippen molar-refractivity contribution in [2.24, 2.45) is 17.3 Å². The van der Waals surface area contributed by atoms with Crippen LogP contribution in [-0.4, -0.2) is 40.5 Å². The van der Waals surface area contributed by atoms with Gasteiger partial charge in [0, 0.05) is 50.9 Å². The predicted molar refractivity (Wildman–Crippen MR) is 88.6 cm³/mol. The summed E-state index contributed by atoms with van der Waals surface area (Å²) in [5.74, 6) is 1.58. The number of carbonyl (C=O) groups is 2. The van der Waals surface area contributed by atoms with E-state index in [0.717, 1.165) is 0 Å². The van der Waals surface area contributed by atoms with Crippen LogP contribution in [0, 0.1) is 12.3 Å². The maximum absolute atomic E-state index is 12.2. The Labute approximate surface area is 144 Å². The number of terminal acetylenes is 1. The average Bonchev–Trinajstić information content (AvgIpc) is 3.32. The van der Waals surface area contributed by atoms with Gasteiger partial charge in [0.1, 0.15) is 6.04 Å². The minimum absolute atomic E-state index is 0.0472. The Bertz CT molecular complexity index is 764. The molecule has 0 saturated heterocycles. The van der Waals surface area contributed by atoms with E-state index >= 15 is 0 Å². The highest BCUT2D eigenvalue weighted by atomic mass is 16.5. The molecule has 0 unspecified atom stereocenters. The largest absolute Gasteiger partial charge is 0.467 e. The number of H-pyrrole nitrogens is 1. The van der Waals surface area contributed by atoms with Gasteiger partial charge >= 0.3 is 5.97 Å². The number of esters is 1. The third-order valence-electron chi connectivity index (χ3n) is 4.06. The van der Waals surface area contributed by atoms with E-state index in [-0.39, 0.29) is 24.3 Å². The molecule has 1 atom stereocenters. The highest BCUT2D eigenvalue weighted by Crippen LogP contribution is 2.37. The fraction of sp³-hybridized carbons (Fsp3) is 0.562. The van der Waals surface area contributed by atoms with E-state index in [2.05, 4.69) is 26.6 Å². The maximum atomic E-state index is 12.2. The highest BCUT2D eigenvalue weighted by Gasteiger charge is 2.39. The fourth-order valence-electron chi connectivity index (χ4n) is 2.46. The molecule has 1 aromatic heterocycles. The second-order valence-corrected chi connectivity index (χ2v) is 5.90. The van der Waals surface area contributed by atoms with Crippen LogP contribution in [0.5, 0.6) is 0 Å². The van der Waals surface area contributed by atoms with Crippen LogP contribution in [0.15, 0.2) is 21.2 Å². The van der Waals surface area contributed by atoms with Crippen molar-refractivity contribution in [3.63, 3.8) is 0 Å². The van der Waals surface area contributed by atoms with Crippen molar-refractivity contribution in [2.75, 3.05) is 7.11 Å². The molecule has 2 rings (SSSR count). The van der Waals surface area contributed by atoms with Crippen LogP contribution in [0.4, 0.5) is 0 Å². The first-order valence-electron chi connectivity index (χ1n) is 7.89. The average molecular weight is 347 g/mol. The number of ether oxygens (including phenoxy) is 1. The zero-order chi connectivity index (χ0) is 18.4. The summed E-state index contributed by atoms with van der Waals surface area (Å²) in [6.07, 6.45) is 8.50.